The van der Waals surface area contributed by atoms with Gasteiger partial charge in [0.1, 0.15) is 11.6 Å². The van der Waals surface area contributed by atoms with Crippen molar-refractivity contribution in [3.63, 3.8) is 0 Å². The minimum Gasteiger partial charge on any atom is -0.477 e. The number of amides is 4. The highest BCUT2D eigenvalue weighted by Gasteiger charge is 2.35. The maximum Gasteiger partial charge on any atom is 0.254 e. The van der Waals surface area contributed by atoms with Crippen LogP contribution in [0.4, 0.5) is 20.2 Å². The van der Waals surface area contributed by atoms with Crippen molar-refractivity contribution >= 4 is 35.0 Å². The zero-order valence-electron chi connectivity index (χ0n) is 35.1. The molecule has 16 heteroatoms. The van der Waals surface area contributed by atoms with Gasteiger partial charge in [0, 0.05) is 68.6 Å². The number of carbonyl (C=O) groups excluding carboxylic acids is 4. The molecule has 2 aromatic carbocycles. The molecule has 0 aliphatic carbocycles. The molecule has 4 aliphatic rings. The number of imide groups is 1. The Morgan fingerprint density at radius 1 is 0.984 bits per heavy atom. The maximum atomic E-state index is 15.2. The lowest BCUT2D eigenvalue weighted by Gasteiger charge is -2.30. The number of carbonyl (C=O) groups is 4. The number of halogens is 2. The van der Waals surface area contributed by atoms with Crippen molar-refractivity contribution in [2.75, 3.05) is 50.1 Å². The van der Waals surface area contributed by atoms with Gasteiger partial charge in [-0.05, 0) is 112 Å². The van der Waals surface area contributed by atoms with Gasteiger partial charge in [0.05, 0.1) is 41.4 Å². The second kappa shape index (κ2) is 17.6. The van der Waals surface area contributed by atoms with Crippen LogP contribution in [0.3, 0.4) is 0 Å². The van der Waals surface area contributed by atoms with Crippen LogP contribution in [0.1, 0.15) is 95.3 Å². The van der Waals surface area contributed by atoms with Crippen molar-refractivity contribution in [1.82, 2.24) is 35.2 Å². The fourth-order valence-electron chi connectivity index (χ4n) is 9.14. The number of ether oxygens (including phenoxy) is 1. The summed E-state index contributed by atoms with van der Waals surface area (Å²) < 4.78 is 38.3. The molecule has 4 aliphatic heterocycles. The molecule has 14 nitrogen and oxygen atoms in total. The van der Waals surface area contributed by atoms with Crippen LogP contribution >= 0.6 is 0 Å². The summed E-state index contributed by atoms with van der Waals surface area (Å²) >= 11 is 0. The van der Waals surface area contributed by atoms with Crippen LogP contribution in [0.15, 0.2) is 48.7 Å². The quantitative estimate of drug-likeness (QED) is 0.212. The van der Waals surface area contributed by atoms with Crippen LogP contribution in [-0.2, 0) is 23.1 Å². The van der Waals surface area contributed by atoms with Gasteiger partial charge in [0.2, 0.25) is 17.7 Å². The lowest BCUT2D eigenvalue weighted by Crippen LogP contribution is -2.51. The van der Waals surface area contributed by atoms with Crippen LogP contribution in [0.5, 0.6) is 5.88 Å². The predicted molar refractivity (Wildman–Crippen MR) is 225 cm³/mol. The predicted octanol–water partition coefficient (Wildman–Crippen LogP) is 5.51. The molecule has 6 heterocycles. The highest BCUT2D eigenvalue weighted by molar-refractivity contribution is 6.01. The molecule has 2 fully saturated rings. The summed E-state index contributed by atoms with van der Waals surface area (Å²) in [5, 5.41) is 13.3. The number of nitrogens with zero attached hydrogens (tertiary/aromatic N) is 6. The van der Waals surface area contributed by atoms with E-state index in [4.69, 9.17) is 9.72 Å². The molecule has 2 bridgehead atoms. The van der Waals surface area contributed by atoms with Crippen LogP contribution in [-0.4, -0.2) is 100 Å². The fraction of sp³-hybridized carbons (Fsp3) is 0.467. The van der Waals surface area contributed by atoms with E-state index in [1.165, 1.54) is 12.1 Å². The molecule has 4 amide bonds. The standard InChI is InChI=1S/C45H53F2N9O5/c1-26-7-6-18-61-44-33(24-48-54(44)4)37-22-30(19-27(2)49-37)41(58)52-45-50-36-11-9-29(23-38(36)56(45)25-26)43(60)53(3)31-8-5-15-55(17-14-31)16-13-28-20-34(46)40(35(47)21-28)32-10-12-39(57)51-42(32)59/h9,11,19-24,26,31-32,45,50H,5-8,10,12-18,25H2,1-4H3,(H,52,58)(H,51,57,59)/t26-,31+,32-,45?/m1/s1. The summed E-state index contributed by atoms with van der Waals surface area (Å²) in [5.41, 5.74) is 4.90. The van der Waals surface area contributed by atoms with Gasteiger partial charge in [-0.3, -0.25) is 29.5 Å². The van der Waals surface area contributed by atoms with Crippen molar-refractivity contribution in [3.8, 4) is 17.1 Å². The summed E-state index contributed by atoms with van der Waals surface area (Å²) in [5.74, 6) is -3.21. The van der Waals surface area contributed by atoms with E-state index in [0.717, 1.165) is 62.1 Å². The van der Waals surface area contributed by atoms with Gasteiger partial charge < -0.3 is 30.1 Å². The Bertz CT molecular complexity index is 2330. The minimum atomic E-state index is -1.03. The van der Waals surface area contributed by atoms with E-state index in [-0.39, 0.29) is 42.2 Å². The van der Waals surface area contributed by atoms with Crippen molar-refractivity contribution in [1.29, 1.82) is 0 Å². The lowest BCUT2D eigenvalue weighted by atomic mass is 9.89. The van der Waals surface area contributed by atoms with Gasteiger partial charge in [-0.2, -0.15) is 5.10 Å². The molecule has 8 rings (SSSR count). The number of hydrogen-bond donors (Lipinski definition) is 3. The van der Waals surface area contributed by atoms with E-state index in [1.807, 2.05) is 44.1 Å². The van der Waals surface area contributed by atoms with E-state index in [2.05, 4.69) is 37.8 Å². The Kier molecular flexibility index (Phi) is 12.1. The third kappa shape index (κ3) is 8.95. The van der Waals surface area contributed by atoms with Crippen molar-refractivity contribution in [2.24, 2.45) is 13.0 Å². The molecule has 4 atom stereocenters. The van der Waals surface area contributed by atoms with Crippen molar-refractivity contribution in [3.05, 3.63) is 88.2 Å². The first-order valence-electron chi connectivity index (χ1n) is 21.3. The van der Waals surface area contributed by atoms with Crippen LogP contribution < -0.4 is 25.6 Å². The van der Waals surface area contributed by atoms with Gasteiger partial charge in [0.15, 0.2) is 6.29 Å². The number of aryl methyl sites for hydroxylation is 2. The van der Waals surface area contributed by atoms with Gasteiger partial charge in [-0.15, -0.1) is 0 Å². The second-order valence-electron chi connectivity index (χ2n) is 16.9. The first-order chi connectivity index (χ1) is 29.3. The number of piperidine rings is 1. The number of rotatable bonds is 6. The molecular formula is C45H53F2N9O5. The number of nitrogens with one attached hydrogen (secondary N) is 3. The summed E-state index contributed by atoms with van der Waals surface area (Å²) in [6, 6.07) is 11.8. The normalized spacial score (nSPS) is 22.3. The van der Waals surface area contributed by atoms with Crippen LogP contribution in [0.2, 0.25) is 0 Å². The number of benzene rings is 2. The minimum absolute atomic E-state index is 0.00442. The topological polar surface area (TPSA) is 154 Å². The molecule has 2 aromatic heterocycles. The number of fused-ring (bicyclic) bond motifs is 7. The Labute approximate surface area is 354 Å². The third-order valence-electron chi connectivity index (χ3n) is 12.5. The van der Waals surface area contributed by atoms with Crippen LogP contribution in [0, 0.1) is 24.5 Å². The molecule has 2 saturated heterocycles. The molecule has 0 spiro atoms. The Morgan fingerprint density at radius 3 is 2.57 bits per heavy atom. The SMILES string of the molecule is Cc1cc2cc(n1)-c1cnn(C)c1OCCC[C@@H](C)CN1c3cc(C(=O)N(C)[C@H]4CCCN(CCc5cc(F)c([C@H]6CCC(=O)NC6=O)c(F)c5)CC4)ccc3NC1NC2=O. The van der Waals surface area contributed by atoms with Crippen molar-refractivity contribution in [2.45, 2.75) is 83.5 Å². The van der Waals surface area contributed by atoms with Gasteiger partial charge in [-0.25, -0.2) is 13.5 Å². The largest absolute Gasteiger partial charge is 0.477 e. The highest BCUT2D eigenvalue weighted by atomic mass is 19.1. The summed E-state index contributed by atoms with van der Waals surface area (Å²) in [6.07, 6.45) is 5.78. The first-order valence-corrected chi connectivity index (χ1v) is 21.3. The Balaban J connectivity index is 0.923. The summed E-state index contributed by atoms with van der Waals surface area (Å²) in [6.45, 7) is 7.25. The van der Waals surface area contributed by atoms with Crippen LogP contribution in [0.25, 0.3) is 11.3 Å². The van der Waals surface area contributed by atoms with Gasteiger partial charge in [0.25, 0.3) is 11.8 Å². The zero-order valence-corrected chi connectivity index (χ0v) is 35.1. The Hall–Kier alpha value is -5.90. The molecule has 61 heavy (non-hydrogen) atoms. The van der Waals surface area contributed by atoms with Gasteiger partial charge >= 0.3 is 0 Å². The van der Waals surface area contributed by atoms with E-state index < -0.39 is 35.7 Å². The molecule has 4 aromatic rings. The number of hydrogen-bond acceptors (Lipinski definition) is 10. The molecule has 0 saturated carbocycles. The third-order valence-corrected chi connectivity index (χ3v) is 12.5. The number of aromatic nitrogens is 3. The maximum absolute atomic E-state index is 15.2. The summed E-state index contributed by atoms with van der Waals surface area (Å²) in [7, 11) is 3.67. The number of anilines is 2. The second-order valence-corrected chi connectivity index (χ2v) is 16.9. The molecule has 1 unspecified atom stereocenters. The van der Waals surface area contributed by atoms with E-state index >= 15 is 8.78 Å². The fourth-order valence-corrected chi connectivity index (χ4v) is 9.14. The average Bonchev–Trinajstić information content (AvgIpc) is 3.65. The zero-order chi connectivity index (χ0) is 42.9. The van der Waals surface area contributed by atoms with E-state index in [1.54, 1.807) is 23.0 Å². The molecule has 0 radical (unpaired) electrons. The first kappa shape index (κ1) is 41.8. The highest BCUT2D eigenvalue weighted by Crippen LogP contribution is 2.37. The Morgan fingerprint density at radius 2 is 1.79 bits per heavy atom. The van der Waals surface area contributed by atoms with E-state index in [0.29, 0.717) is 60.1 Å². The number of pyridine rings is 1. The van der Waals surface area contributed by atoms with Crippen molar-refractivity contribution < 1.29 is 32.7 Å². The molecule has 322 valence electrons. The lowest BCUT2D eigenvalue weighted by molar-refractivity contribution is -0.134. The number of likely N-dealkylation sites (tertiary alicyclic amines) is 1. The monoisotopic (exact) mass is 837 g/mol. The molecule has 3 N–H and O–H groups in total. The van der Waals surface area contributed by atoms with E-state index in [9.17, 15) is 19.2 Å². The van der Waals surface area contributed by atoms with Gasteiger partial charge in [-0.1, -0.05) is 6.92 Å². The average molecular weight is 838 g/mol. The smallest absolute Gasteiger partial charge is 0.254 e. The molecular weight excluding hydrogens is 785 g/mol. The summed E-state index contributed by atoms with van der Waals surface area (Å²) in [4.78, 5) is 62.8.